The SMILES string of the molecule is Cc1n[nH]c(C)c1Cc1n[nH]c(=O)n1Cc1ccccc1F. The van der Waals surface area contributed by atoms with Gasteiger partial charge in [-0.3, -0.25) is 9.67 Å². The molecule has 0 fully saturated rings. The number of nitrogens with zero attached hydrogens (tertiary/aromatic N) is 3. The van der Waals surface area contributed by atoms with Gasteiger partial charge >= 0.3 is 5.69 Å². The normalized spacial score (nSPS) is 11.0. The lowest BCUT2D eigenvalue weighted by Crippen LogP contribution is -2.20. The van der Waals surface area contributed by atoms with Gasteiger partial charge in [-0.05, 0) is 19.9 Å². The van der Waals surface area contributed by atoms with E-state index in [9.17, 15) is 9.18 Å². The van der Waals surface area contributed by atoms with Crippen molar-refractivity contribution in [2.45, 2.75) is 26.8 Å². The van der Waals surface area contributed by atoms with Crippen molar-refractivity contribution >= 4 is 0 Å². The summed E-state index contributed by atoms with van der Waals surface area (Å²) in [5, 5.41) is 13.5. The van der Waals surface area contributed by atoms with E-state index in [0.29, 0.717) is 17.8 Å². The number of hydrogen-bond acceptors (Lipinski definition) is 3. The highest BCUT2D eigenvalue weighted by atomic mass is 19.1. The van der Waals surface area contributed by atoms with Crippen molar-refractivity contribution in [2.24, 2.45) is 0 Å². The van der Waals surface area contributed by atoms with Crippen LogP contribution in [-0.4, -0.2) is 25.0 Å². The lowest BCUT2D eigenvalue weighted by atomic mass is 10.1. The quantitative estimate of drug-likeness (QED) is 0.769. The zero-order valence-corrected chi connectivity index (χ0v) is 12.4. The van der Waals surface area contributed by atoms with Gasteiger partial charge < -0.3 is 0 Å². The van der Waals surface area contributed by atoms with E-state index in [1.165, 1.54) is 10.6 Å². The fraction of sp³-hybridized carbons (Fsp3) is 0.267. The molecule has 7 heteroatoms. The van der Waals surface area contributed by atoms with Crippen LogP contribution in [0.5, 0.6) is 0 Å². The number of H-pyrrole nitrogens is 2. The van der Waals surface area contributed by atoms with Gasteiger partial charge in [-0.25, -0.2) is 14.3 Å². The third-order valence-corrected chi connectivity index (χ3v) is 3.74. The minimum absolute atomic E-state index is 0.146. The molecule has 0 amide bonds. The zero-order chi connectivity index (χ0) is 15.7. The summed E-state index contributed by atoms with van der Waals surface area (Å²) in [7, 11) is 0. The Morgan fingerprint density at radius 2 is 1.95 bits per heavy atom. The van der Waals surface area contributed by atoms with E-state index < -0.39 is 0 Å². The first kappa shape index (κ1) is 14.2. The highest BCUT2D eigenvalue weighted by Gasteiger charge is 2.15. The fourth-order valence-corrected chi connectivity index (χ4v) is 2.44. The second kappa shape index (κ2) is 5.59. The van der Waals surface area contributed by atoms with Crippen LogP contribution in [0.25, 0.3) is 0 Å². The predicted molar refractivity (Wildman–Crippen MR) is 79.2 cm³/mol. The summed E-state index contributed by atoms with van der Waals surface area (Å²) in [6, 6.07) is 6.40. The van der Waals surface area contributed by atoms with Gasteiger partial charge in [-0.2, -0.15) is 10.2 Å². The fourth-order valence-electron chi connectivity index (χ4n) is 2.44. The van der Waals surface area contributed by atoms with Crippen LogP contribution in [0.2, 0.25) is 0 Å². The number of benzene rings is 1. The van der Waals surface area contributed by atoms with Crippen LogP contribution < -0.4 is 5.69 Å². The molecule has 2 aromatic heterocycles. The van der Waals surface area contributed by atoms with Gasteiger partial charge in [0, 0.05) is 23.2 Å². The zero-order valence-electron chi connectivity index (χ0n) is 12.4. The van der Waals surface area contributed by atoms with Gasteiger partial charge in [-0.1, -0.05) is 18.2 Å². The molecule has 114 valence electrons. The van der Waals surface area contributed by atoms with Crippen molar-refractivity contribution in [1.82, 2.24) is 25.0 Å². The Hall–Kier alpha value is -2.70. The third-order valence-electron chi connectivity index (χ3n) is 3.74. The number of rotatable bonds is 4. The van der Waals surface area contributed by atoms with Crippen molar-refractivity contribution in [1.29, 1.82) is 0 Å². The third kappa shape index (κ3) is 2.57. The molecule has 0 aliphatic rings. The molecule has 0 bridgehead atoms. The van der Waals surface area contributed by atoms with Crippen molar-refractivity contribution in [3.63, 3.8) is 0 Å². The molecule has 0 saturated carbocycles. The van der Waals surface area contributed by atoms with Crippen LogP contribution in [0.4, 0.5) is 4.39 Å². The summed E-state index contributed by atoms with van der Waals surface area (Å²) in [6.07, 6.45) is 0.460. The summed E-state index contributed by atoms with van der Waals surface area (Å²) in [5.41, 5.74) is 2.90. The maximum Gasteiger partial charge on any atom is 0.343 e. The Kier molecular flexibility index (Phi) is 3.62. The van der Waals surface area contributed by atoms with Crippen LogP contribution in [0.3, 0.4) is 0 Å². The maximum atomic E-state index is 13.8. The van der Waals surface area contributed by atoms with E-state index in [2.05, 4.69) is 20.4 Å². The van der Waals surface area contributed by atoms with E-state index in [4.69, 9.17) is 0 Å². The molecule has 0 radical (unpaired) electrons. The van der Waals surface area contributed by atoms with Crippen molar-refractivity contribution in [3.8, 4) is 0 Å². The smallest absolute Gasteiger partial charge is 0.282 e. The van der Waals surface area contributed by atoms with Crippen molar-refractivity contribution < 1.29 is 4.39 Å². The predicted octanol–water partition coefficient (Wildman–Crippen LogP) is 1.69. The van der Waals surface area contributed by atoms with Gasteiger partial charge in [-0.15, -0.1) is 0 Å². The van der Waals surface area contributed by atoms with Gasteiger partial charge in [0.25, 0.3) is 0 Å². The Morgan fingerprint density at radius 1 is 1.18 bits per heavy atom. The lowest BCUT2D eigenvalue weighted by Gasteiger charge is -2.07. The minimum atomic E-state index is -0.350. The summed E-state index contributed by atoms with van der Waals surface area (Å²) in [4.78, 5) is 12.0. The average molecular weight is 301 g/mol. The molecule has 2 N–H and O–H groups in total. The highest BCUT2D eigenvalue weighted by Crippen LogP contribution is 2.15. The second-order valence-corrected chi connectivity index (χ2v) is 5.21. The molecule has 0 saturated heterocycles. The molecular formula is C15H16FN5O. The molecule has 0 aliphatic heterocycles. The summed E-state index contributed by atoms with van der Waals surface area (Å²) in [5.74, 6) is 0.220. The Labute approximate surface area is 126 Å². The summed E-state index contributed by atoms with van der Waals surface area (Å²) < 4.78 is 15.2. The van der Waals surface area contributed by atoms with Crippen molar-refractivity contribution in [2.75, 3.05) is 0 Å². The number of halogens is 1. The molecule has 22 heavy (non-hydrogen) atoms. The molecular weight excluding hydrogens is 285 g/mol. The largest absolute Gasteiger partial charge is 0.343 e. The van der Waals surface area contributed by atoms with Crippen LogP contribution in [-0.2, 0) is 13.0 Å². The molecule has 0 atom stereocenters. The number of aromatic amines is 2. The average Bonchev–Trinajstić information content (AvgIpc) is 3.00. The number of nitrogens with one attached hydrogen (secondary N) is 2. The Balaban J connectivity index is 1.95. The first-order valence-corrected chi connectivity index (χ1v) is 6.94. The first-order chi connectivity index (χ1) is 10.6. The van der Waals surface area contributed by atoms with E-state index in [1.807, 2.05) is 13.8 Å². The molecule has 3 rings (SSSR count). The van der Waals surface area contributed by atoms with Crippen LogP contribution in [0.1, 0.15) is 28.3 Å². The van der Waals surface area contributed by atoms with E-state index in [0.717, 1.165) is 17.0 Å². The second-order valence-electron chi connectivity index (χ2n) is 5.21. The Morgan fingerprint density at radius 3 is 2.64 bits per heavy atom. The number of hydrogen-bond donors (Lipinski definition) is 2. The lowest BCUT2D eigenvalue weighted by molar-refractivity contribution is 0.592. The maximum absolute atomic E-state index is 13.8. The van der Waals surface area contributed by atoms with E-state index in [1.54, 1.807) is 18.2 Å². The van der Waals surface area contributed by atoms with Crippen LogP contribution in [0.15, 0.2) is 29.1 Å². The molecule has 1 aromatic carbocycles. The van der Waals surface area contributed by atoms with Gasteiger partial charge in [0.15, 0.2) is 0 Å². The van der Waals surface area contributed by atoms with Gasteiger partial charge in [0.1, 0.15) is 11.6 Å². The van der Waals surface area contributed by atoms with Crippen LogP contribution >= 0.6 is 0 Å². The molecule has 0 unspecified atom stereocenters. The number of aromatic nitrogens is 5. The summed E-state index contributed by atoms with van der Waals surface area (Å²) >= 11 is 0. The van der Waals surface area contributed by atoms with E-state index >= 15 is 0 Å². The monoisotopic (exact) mass is 301 g/mol. The molecule has 3 aromatic rings. The standard InChI is InChI=1S/C15H16FN5O/c1-9-12(10(2)18-17-9)7-14-19-20-15(22)21(14)8-11-5-3-4-6-13(11)16/h3-6H,7-8H2,1-2H3,(H,17,18)(H,20,22). The topological polar surface area (TPSA) is 79.4 Å². The molecule has 6 nitrogen and oxygen atoms in total. The minimum Gasteiger partial charge on any atom is -0.282 e. The summed E-state index contributed by atoms with van der Waals surface area (Å²) in [6.45, 7) is 3.96. The molecule has 0 aliphatic carbocycles. The molecule has 2 heterocycles. The first-order valence-electron chi connectivity index (χ1n) is 6.94. The highest BCUT2D eigenvalue weighted by molar-refractivity contribution is 5.27. The van der Waals surface area contributed by atoms with Gasteiger partial charge in [0.05, 0.1) is 12.2 Å². The Bertz CT molecular complexity index is 841. The number of aryl methyl sites for hydroxylation is 2. The molecule has 0 spiro atoms. The van der Waals surface area contributed by atoms with Gasteiger partial charge in [0.2, 0.25) is 0 Å². The van der Waals surface area contributed by atoms with Crippen molar-refractivity contribution in [3.05, 3.63) is 68.9 Å². The van der Waals surface area contributed by atoms with Crippen LogP contribution in [0, 0.1) is 19.7 Å². The van der Waals surface area contributed by atoms with E-state index in [-0.39, 0.29) is 18.1 Å².